The van der Waals surface area contributed by atoms with Crippen molar-refractivity contribution in [1.82, 2.24) is 4.98 Å². The predicted octanol–water partition coefficient (Wildman–Crippen LogP) is 5.23. The molecule has 3 aromatic rings. The van der Waals surface area contributed by atoms with Crippen molar-refractivity contribution in [2.75, 3.05) is 26.6 Å². The molecule has 1 aliphatic rings. The lowest BCUT2D eigenvalue weighted by Gasteiger charge is -2.29. The second-order valence-electron chi connectivity index (χ2n) is 7.42. The first-order chi connectivity index (χ1) is 14.6. The summed E-state index contributed by atoms with van der Waals surface area (Å²) < 4.78 is 17.3. The number of amides is 1. The number of nitrogens with zero attached hydrogens (tertiary/aromatic N) is 1. The molecule has 1 heterocycles. The van der Waals surface area contributed by atoms with Crippen LogP contribution in [0.25, 0.3) is 10.2 Å². The average Bonchev–Trinajstić information content (AvgIpc) is 3.22. The molecule has 7 heteroatoms. The van der Waals surface area contributed by atoms with Crippen molar-refractivity contribution >= 4 is 33.1 Å². The Kier molecular flexibility index (Phi) is 6.08. The lowest BCUT2D eigenvalue weighted by atomic mass is 9.79. The molecule has 2 atom stereocenters. The van der Waals surface area contributed by atoms with Gasteiger partial charge in [0.05, 0.1) is 36.6 Å². The summed E-state index contributed by atoms with van der Waals surface area (Å²) >= 11 is 1.70. The maximum atomic E-state index is 13.3. The van der Waals surface area contributed by atoms with Gasteiger partial charge in [-0.25, -0.2) is 4.98 Å². The van der Waals surface area contributed by atoms with Gasteiger partial charge < -0.3 is 19.5 Å². The molecular formula is C23H26N2O4S. The Labute approximate surface area is 180 Å². The number of anilines is 1. The molecule has 0 unspecified atom stereocenters. The third-order valence-electron chi connectivity index (χ3n) is 5.66. The largest absolute Gasteiger partial charge is 0.493 e. The molecule has 0 radical (unpaired) electrons. The van der Waals surface area contributed by atoms with Crippen molar-refractivity contribution in [3.05, 3.63) is 41.4 Å². The zero-order valence-corrected chi connectivity index (χ0v) is 18.3. The number of methoxy groups -OCH3 is 3. The molecule has 0 spiro atoms. The molecule has 4 rings (SSSR count). The fourth-order valence-electron chi connectivity index (χ4n) is 4.18. The van der Waals surface area contributed by atoms with E-state index in [4.69, 9.17) is 19.2 Å². The number of carbonyl (C=O) groups is 1. The van der Waals surface area contributed by atoms with Gasteiger partial charge in [0.25, 0.3) is 0 Å². The molecule has 1 aliphatic carbocycles. The van der Waals surface area contributed by atoms with E-state index in [9.17, 15) is 4.79 Å². The number of aromatic nitrogens is 1. The lowest BCUT2D eigenvalue weighted by Crippen LogP contribution is -2.30. The third-order valence-corrected chi connectivity index (χ3v) is 6.83. The highest BCUT2D eigenvalue weighted by molar-refractivity contribution is 7.18. The summed E-state index contributed by atoms with van der Waals surface area (Å²) in [4.78, 5) is 18.1. The molecule has 0 saturated heterocycles. The monoisotopic (exact) mass is 426 g/mol. The van der Waals surface area contributed by atoms with E-state index in [1.807, 2.05) is 18.2 Å². The summed E-state index contributed by atoms with van der Waals surface area (Å²) in [5.41, 5.74) is 1.63. The van der Waals surface area contributed by atoms with E-state index >= 15 is 0 Å². The number of fused-ring (bicyclic) bond motifs is 1. The summed E-state index contributed by atoms with van der Waals surface area (Å²) in [6.07, 6.45) is 4.01. The van der Waals surface area contributed by atoms with Gasteiger partial charge in [-0.1, -0.05) is 25.0 Å². The highest BCUT2D eigenvalue weighted by atomic mass is 32.1. The van der Waals surface area contributed by atoms with E-state index in [1.54, 1.807) is 44.8 Å². The van der Waals surface area contributed by atoms with Gasteiger partial charge in [-0.3, -0.25) is 4.79 Å². The van der Waals surface area contributed by atoms with Crippen LogP contribution in [0.3, 0.4) is 0 Å². The van der Waals surface area contributed by atoms with Crippen molar-refractivity contribution in [1.29, 1.82) is 0 Å². The van der Waals surface area contributed by atoms with Gasteiger partial charge in [0, 0.05) is 29.7 Å². The number of rotatable bonds is 6. The topological polar surface area (TPSA) is 69.7 Å². The Morgan fingerprint density at radius 2 is 1.73 bits per heavy atom. The van der Waals surface area contributed by atoms with Crippen LogP contribution < -0.4 is 19.5 Å². The number of nitrogens with one attached hydrogen (secondary N) is 1. The summed E-state index contributed by atoms with van der Waals surface area (Å²) in [5, 5.41) is 4.12. The van der Waals surface area contributed by atoms with E-state index < -0.39 is 0 Å². The minimum atomic E-state index is -0.113. The van der Waals surface area contributed by atoms with E-state index in [0.717, 1.165) is 36.2 Å². The van der Waals surface area contributed by atoms with E-state index in [2.05, 4.69) is 11.4 Å². The first-order valence-corrected chi connectivity index (χ1v) is 10.9. The number of ether oxygens (including phenoxy) is 3. The number of carbonyl (C=O) groups excluding carboxylic acids is 1. The molecule has 6 nitrogen and oxygen atoms in total. The van der Waals surface area contributed by atoms with Gasteiger partial charge in [0.1, 0.15) is 0 Å². The molecule has 1 fully saturated rings. The quantitative estimate of drug-likeness (QED) is 0.584. The van der Waals surface area contributed by atoms with E-state index in [0.29, 0.717) is 22.9 Å². The van der Waals surface area contributed by atoms with E-state index in [1.165, 1.54) is 4.70 Å². The van der Waals surface area contributed by atoms with Crippen molar-refractivity contribution in [2.45, 2.75) is 31.6 Å². The van der Waals surface area contributed by atoms with Gasteiger partial charge in [0.15, 0.2) is 11.5 Å². The summed E-state index contributed by atoms with van der Waals surface area (Å²) in [7, 11) is 4.68. The molecule has 30 heavy (non-hydrogen) atoms. The predicted molar refractivity (Wildman–Crippen MR) is 119 cm³/mol. The van der Waals surface area contributed by atoms with Crippen LogP contribution in [-0.4, -0.2) is 32.2 Å². The van der Waals surface area contributed by atoms with Crippen LogP contribution in [0.4, 0.5) is 5.69 Å². The maximum Gasteiger partial charge on any atom is 0.228 e. The fourth-order valence-corrected chi connectivity index (χ4v) is 5.34. The molecule has 1 N–H and O–H groups in total. The molecule has 0 aliphatic heterocycles. The minimum Gasteiger partial charge on any atom is -0.493 e. The molecule has 1 aromatic heterocycles. The standard InChI is InChI=1S/C23H26N2O4S/c1-27-18-12-14(13-19(28-2)21(18)29-3)24-22(26)15-8-4-5-9-16(15)23-25-17-10-6-7-11-20(17)30-23/h6-7,10-13,15-16H,4-5,8-9H2,1-3H3,(H,24,26)/t15-,16-/m1/s1. The minimum absolute atomic E-state index is 0.00762. The number of benzene rings is 2. The SMILES string of the molecule is COc1cc(NC(=O)[C@@H]2CCCC[C@H]2c2nc3ccccc3s2)cc(OC)c1OC. The molecule has 0 bridgehead atoms. The molecular weight excluding hydrogens is 400 g/mol. The first kappa shape index (κ1) is 20.5. The van der Waals surface area contributed by atoms with Crippen molar-refractivity contribution in [3.8, 4) is 17.2 Å². The van der Waals surface area contributed by atoms with Crippen LogP contribution >= 0.6 is 11.3 Å². The Hall–Kier alpha value is -2.80. The highest BCUT2D eigenvalue weighted by Crippen LogP contribution is 2.43. The van der Waals surface area contributed by atoms with E-state index in [-0.39, 0.29) is 17.7 Å². The van der Waals surface area contributed by atoms with Crippen molar-refractivity contribution in [2.24, 2.45) is 5.92 Å². The van der Waals surface area contributed by atoms with Gasteiger partial charge in [-0.15, -0.1) is 11.3 Å². The zero-order valence-electron chi connectivity index (χ0n) is 17.4. The smallest absolute Gasteiger partial charge is 0.228 e. The van der Waals surface area contributed by atoms with Crippen molar-refractivity contribution in [3.63, 3.8) is 0 Å². The van der Waals surface area contributed by atoms with Crippen LogP contribution in [-0.2, 0) is 4.79 Å². The molecule has 1 amide bonds. The fraction of sp³-hybridized carbons (Fsp3) is 0.391. The molecule has 158 valence electrons. The number of thiazole rings is 1. The van der Waals surface area contributed by atoms with Crippen LogP contribution in [0.1, 0.15) is 36.6 Å². The Morgan fingerprint density at radius 3 is 2.40 bits per heavy atom. The highest BCUT2D eigenvalue weighted by Gasteiger charge is 2.34. The second kappa shape index (κ2) is 8.92. The lowest BCUT2D eigenvalue weighted by molar-refractivity contribution is -0.121. The van der Waals surface area contributed by atoms with Crippen LogP contribution in [0.15, 0.2) is 36.4 Å². The molecule has 1 saturated carbocycles. The van der Waals surface area contributed by atoms with Gasteiger partial charge in [-0.05, 0) is 25.0 Å². The van der Waals surface area contributed by atoms with Crippen LogP contribution in [0.2, 0.25) is 0 Å². The molecule has 2 aromatic carbocycles. The third kappa shape index (κ3) is 3.94. The Balaban J connectivity index is 1.59. The Morgan fingerprint density at radius 1 is 1.03 bits per heavy atom. The van der Waals surface area contributed by atoms with Gasteiger partial charge >= 0.3 is 0 Å². The van der Waals surface area contributed by atoms with Crippen LogP contribution in [0.5, 0.6) is 17.2 Å². The normalized spacial score (nSPS) is 18.8. The van der Waals surface area contributed by atoms with Crippen molar-refractivity contribution < 1.29 is 19.0 Å². The number of hydrogen-bond acceptors (Lipinski definition) is 6. The second-order valence-corrected chi connectivity index (χ2v) is 8.48. The number of hydrogen-bond donors (Lipinski definition) is 1. The number of para-hydroxylation sites is 1. The Bertz CT molecular complexity index is 991. The summed E-state index contributed by atoms with van der Waals surface area (Å²) in [6, 6.07) is 11.7. The zero-order chi connectivity index (χ0) is 21.1. The average molecular weight is 427 g/mol. The maximum absolute atomic E-state index is 13.3. The van der Waals surface area contributed by atoms with Gasteiger partial charge in [-0.2, -0.15) is 0 Å². The summed E-state index contributed by atoms with van der Waals surface area (Å²) in [6.45, 7) is 0. The van der Waals surface area contributed by atoms with Gasteiger partial charge in [0.2, 0.25) is 11.7 Å². The van der Waals surface area contributed by atoms with Crippen LogP contribution in [0, 0.1) is 5.92 Å². The summed E-state index contributed by atoms with van der Waals surface area (Å²) in [5.74, 6) is 1.56. The first-order valence-electron chi connectivity index (χ1n) is 10.1.